The van der Waals surface area contributed by atoms with Crippen molar-refractivity contribution in [3.63, 3.8) is 0 Å². The minimum Gasteiger partial charge on any atom is -0.469 e. The van der Waals surface area contributed by atoms with Crippen molar-refractivity contribution < 1.29 is 9.53 Å². The van der Waals surface area contributed by atoms with Gasteiger partial charge in [0.05, 0.1) is 17.4 Å². The number of aryl methyl sites for hydroxylation is 3. The Morgan fingerprint density at radius 2 is 1.97 bits per heavy atom. The van der Waals surface area contributed by atoms with E-state index in [-0.39, 0.29) is 5.91 Å². The van der Waals surface area contributed by atoms with E-state index < -0.39 is 0 Å². The number of aromatic nitrogens is 2. The molecule has 0 saturated carbocycles. The number of carbonyl (C=O) groups excluding carboxylic acids is 1. The number of nitrogens with two attached hydrogens (primary N) is 1. The number of carbonyl (C=O) groups is 1. The lowest BCUT2D eigenvalue weighted by atomic mass is 10.0. The van der Waals surface area contributed by atoms with Crippen molar-refractivity contribution in [1.82, 2.24) is 15.3 Å². The Hall–Kier alpha value is -3.67. The SMILES string of the molecule is Cc1ccc2cc(CC3=CCC(C(=O)NCc4c(C)cc(N)nc4C)=CO3)ccc2n1. The molecule has 2 aromatic heterocycles. The molecule has 31 heavy (non-hydrogen) atoms. The first-order chi connectivity index (χ1) is 14.9. The second kappa shape index (κ2) is 8.60. The van der Waals surface area contributed by atoms with E-state index in [2.05, 4.69) is 33.5 Å². The van der Waals surface area contributed by atoms with Crippen LogP contribution in [-0.4, -0.2) is 15.9 Å². The summed E-state index contributed by atoms with van der Waals surface area (Å²) in [5.74, 6) is 1.19. The lowest BCUT2D eigenvalue weighted by molar-refractivity contribution is -0.117. The Morgan fingerprint density at radius 1 is 1.13 bits per heavy atom. The van der Waals surface area contributed by atoms with Crippen LogP contribution in [0.1, 0.15) is 34.5 Å². The Morgan fingerprint density at radius 3 is 2.71 bits per heavy atom. The minimum atomic E-state index is -0.141. The van der Waals surface area contributed by atoms with Crippen LogP contribution in [0.15, 0.2) is 60.1 Å². The zero-order valence-electron chi connectivity index (χ0n) is 18.0. The standard InChI is InChI=1S/C25H26N4O2/c1-15-10-24(26)29-17(3)22(15)13-27-25(30)20-7-8-21(31-14-20)12-18-5-9-23-19(11-18)6-4-16(2)28-23/h4-6,8-11,14H,7,12-13H2,1-3H3,(H2,26,29)(H,27,30). The predicted octanol–water partition coefficient (Wildman–Crippen LogP) is 4.18. The number of hydrogen-bond donors (Lipinski definition) is 2. The first kappa shape index (κ1) is 20.6. The van der Waals surface area contributed by atoms with E-state index in [0.29, 0.717) is 30.8 Å². The third-order valence-corrected chi connectivity index (χ3v) is 5.46. The van der Waals surface area contributed by atoms with Crippen molar-refractivity contribution in [2.24, 2.45) is 0 Å². The minimum absolute atomic E-state index is 0.141. The van der Waals surface area contributed by atoms with E-state index in [1.165, 1.54) is 0 Å². The fourth-order valence-corrected chi connectivity index (χ4v) is 3.75. The molecular formula is C25H26N4O2. The molecule has 1 amide bonds. The number of nitrogens with zero attached hydrogens (tertiary/aromatic N) is 2. The maximum atomic E-state index is 12.6. The largest absolute Gasteiger partial charge is 0.469 e. The van der Waals surface area contributed by atoms with Gasteiger partial charge >= 0.3 is 0 Å². The molecule has 0 saturated heterocycles. The molecule has 3 heterocycles. The number of nitrogens with one attached hydrogen (secondary N) is 1. The molecule has 0 radical (unpaired) electrons. The molecule has 0 spiro atoms. The first-order valence-corrected chi connectivity index (χ1v) is 10.3. The van der Waals surface area contributed by atoms with E-state index >= 15 is 0 Å². The lowest BCUT2D eigenvalue weighted by Crippen LogP contribution is -2.26. The van der Waals surface area contributed by atoms with Crippen LogP contribution in [0.5, 0.6) is 0 Å². The molecule has 158 valence electrons. The summed E-state index contributed by atoms with van der Waals surface area (Å²) in [4.78, 5) is 21.4. The van der Waals surface area contributed by atoms with Crippen LogP contribution in [0, 0.1) is 20.8 Å². The fourth-order valence-electron chi connectivity index (χ4n) is 3.75. The summed E-state index contributed by atoms with van der Waals surface area (Å²) in [6.45, 7) is 6.26. The van der Waals surface area contributed by atoms with Crippen molar-refractivity contribution in [2.75, 3.05) is 5.73 Å². The summed E-state index contributed by atoms with van der Waals surface area (Å²) in [6, 6.07) is 12.1. The van der Waals surface area contributed by atoms with Crippen LogP contribution in [0.4, 0.5) is 5.82 Å². The molecule has 0 bridgehead atoms. The average Bonchev–Trinajstić information content (AvgIpc) is 2.73. The molecule has 0 aliphatic carbocycles. The maximum Gasteiger partial charge on any atom is 0.250 e. The number of anilines is 1. The second-order valence-electron chi connectivity index (χ2n) is 7.90. The quantitative estimate of drug-likeness (QED) is 0.654. The number of fused-ring (bicyclic) bond motifs is 1. The maximum absolute atomic E-state index is 12.6. The molecule has 6 heteroatoms. The van der Waals surface area contributed by atoms with Gasteiger partial charge in [-0.15, -0.1) is 0 Å². The van der Waals surface area contributed by atoms with E-state index in [0.717, 1.165) is 44.7 Å². The number of nitrogen functional groups attached to an aromatic ring is 1. The molecule has 1 aliphatic heterocycles. The monoisotopic (exact) mass is 414 g/mol. The number of allylic oxidation sites excluding steroid dienone is 2. The summed E-state index contributed by atoms with van der Waals surface area (Å²) in [5.41, 5.74) is 12.3. The van der Waals surface area contributed by atoms with Crippen molar-refractivity contribution >= 4 is 22.6 Å². The van der Waals surface area contributed by atoms with Gasteiger partial charge in [-0.05, 0) is 67.8 Å². The number of rotatable bonds is 5. The Balaban J connectivity index is 1.35. The van der Waals surface area contributed by atoms with Crippen molar-refractivity contribution in [1.29, 1.82) is 0 Å². The Labute approximate surface area is 181 Å². The summed E-state index contributed by atoms with van der Waals surface area (Å²) in [5, 5.41) is 4.06. The van der Waals surface area contributed by atoms with Gasteiger partial charge in [-0.25, -0.2) is 4.98 Å². The van der Waals surface area contributed by atoms with Crippen LogP contribution in [0.3, 0.4) is 0 Å². The lowest BCUT2D eigenvalue weighted by Gasteiger charge is -2.16. The van der Waals surface area contributed by atoms with E-state index in [4.69, 9.17) is 10.5 Å². The van der Waals surface area contributed by atoms with Crippen LogP contribution < -0.4 is 11.1 Å². The van der Waals surface area contributed by atoms with Gasteiger partial charge in [0.2, 0.25) is 0 Å². The highest BCUT2D eigenvalue weighted by Gasteiger charge is 2.16. The Kier molecular flexibility index (Phi) is 5.71. The number of benzene rings is 1. The zero-order chi connectivity index (χ0) is 22.0. The molecular weight excluding hydrogens is 388 g/mol. The van der Waals surface area contributed by atoms with Crippen LogP contribution in [0.2, 0.25) is 0 Å². The summed E-state index contributed by atoms with van der Waals surface area (Å²) < 4.78 is 5.76. The molecule has 6 nitrogen and oxygen atoms in total. The highest BCUT2D eigenvalue weighted by atomic mass is 16.5. The highest BCUT2D eigenvalue weighted by Crippen LogP contribution is 2.22. The van der Waals surface area contributed by atoms with Crippen LogP contribution >= 0.6 is 0 Å². The van der Waals surface area contributed by atoms with Crippen LogP contribution in [0.25, 0.3) is 10.9 Å². The summed E-state index contributed by atoms with van der Waals surface area (Å²) in [7, 11) is 0. The van der Waals surface area contributed by atoms with Gasteiger partial charge in [-0.2, -0.15) is 0 Å². The number of amides is 1. The van der Waals surface area contributed by atoms with E-state index in [1.54, 1.807) is 6.26 Å². The third kappa shape index (κ3) is 4.74. The molecule has 0 unspecified atom stereocenters. The molecule has 3 aromatic rings. The van der Waals surface area contributed by atoms with Gasteiger partial charge in [0.25, 0.3) is 5.91 Å². The molecule has 3 N–H and O–H groups in total. The van der Waals surface area contributed by atoms with Gasteiger partial charge in [0.1, 0.15) is 11.6 Å². The van der Waals surface area contributed by atoms with Crippen LogP contribution in [-0.2, 0) is 22.5 Å². The Bertz CT molecular complexity index is 1200. The zero-order valence-corrected chi connectivity index (χ0v) is 18.0. The van der Waals surface area contributed by atoms with Crippen molar-refractivity contribution in [3.8, 4) is 0 Å². The number of hydrogen-bond acceptors (Lipinski definition) is 5. The van der Waals surface area contributed by atoms with Crippen molar-refractivity contribution in [3.05, 3.63) is 88.1 Å². The van der Waals surface area contributed by atoms with Gasteiger partial charge in [0.15, 0.2) is 0 Å². The molecule has 1 aromatic carbocycles. The van der Waals surface area contributed by atoms with Gasteiger partial charge in [-0.3, -0.25) is 9.78 Å². The van der Waals surface area contributed by atoms with Gasteiger partial charge in [0, 0.05) is 36.2 Å². The summed E-state index contributed by atoms with van der Waals surface area (Å²) >= 11 is 0. The second-order valence-corrected chi connectivity index (χ2v) is 7.90. The normalized spacial score (nSPS) is 13.4. The smallest absolute Gasteiger partial charge is 0.250 e. The topological polar surface area (TPSA) is 90.1 Å². The predicted molar refractivity (Wildman–Crippen MR) is 122 cm³/mol. The molecule has 0 atom stereocenters. The van der Waals surface area contributed by atoms with E-state index in [1.807, 2.05) is 45.0 Å². The molecule has 4 rings (SSSR count). The number of ether oxygens (including phenoxy) is 1. The first-order valence-electron chi connectivity index (χ1n) is 10.3. The van der Waals surface area contributed by atoms with Gasteiger partial charge < -0.3 is 15.8 Å². The molecule has 0 fully saturated rings. The molecule has 1 aliphatic rings. The number of pyridine rings is 2. The highest BCUT2D eigenvalue weighted by molar-refractivity contribution is 5.93. The average molecular weight is 415 g/mol. The third-order valence-electron chi connectivity index (χ3n) is 5.46. The van der Waals surface area contributed by atoms with E-state index in [9.17, 15) is 4.79 Å². The van der Waals surface area contributed by atoms with Crippen molar-refractivity contribution in [2.45, 2.75) is 40.2 Å². The summed E-state index contributed by atoms with van der Waals surface area (Å²) in [6.07, 6.45) is 4.73. The fraction of sp³-hybridized carbons (Fsp3) is 0.240. The van der Waals surface area contributed by atoms with Gasteiger partial charge in [-0.1, -0.05) is 12.1 Å².